The fourth-order valence-corrected chi connectivity index (χ4v) is 2.52. The number of halogens is 2. The number of hydrogen-bond donors (Lipinski definition) is 1. The van der Waals surface area contributed by atoms with E-state index in [1.807, 2.05) is 12.1 Å². The lowest BCUT2D eigenvalue weighted by Gasteiger charge is -2.08. The second kappa shape index (κ2) is 6.02. The molecule has 0 saturated carbocycles. The van der Waals surface area contributed by atoms with Crippen LogP contribution in [0, 0.1) is 6.92 Å². The highest BCUT2D eigenvalue weighted by molar-refractivity contribution is 9.10. The van der Waals surface area contributed by atoms with Gasteiger partial charge in [-0.15, -0.1) is 0 Å². The summed E-state index contributed by atoms with van der Waals surface area (Å²) in [4.78, 5) is 21.0. The molecular weight excluding hydrogens is 366 g/mol. The summed E-state index contributed by atoms with van der Waals surface area (Å²) in [7, 11) is 0. The monoisotopic (exact) mass is 375 g/mol. The zero-order chi connectivity index (χ0) is 15.7. The van der Waals surface area contributed by atoms with E-state index in [-0.39, 0.29) is 5.91 Å². The molecule has 0 aliphatic carbocycles. The molecule has 6 heteroatoms. The van der Waals surface area contributed by atoms with E-state index in [0.717, 1.165) is 15.4 Å². The van der Waals surface area contributed by atoms with E-state index < -0.39 is 0 Å². The molecule has 0 fully saturated rings. The Bertz CT molecular complexity index is 865. The normalized spacial score (nSPS) is 10.7. The second-order valence-electron chi connectivity index (χ2n) is 4.77. The molecule has 0 aliphatic rings. The van der Waals surface area contributed by atoms with Crippen LogP contribution >= 0.6 is 27.5 Å². The summed E-state index contributed by atoms with van der Waals surface area (Å²) in [5.41, 5.74) is 1.96. The van der Waals surface area contributed by atoms with Crippen molar-refractivity contribution in [3.05, 3.63) is 63.3 Å². The minimum atomic E-state index is -0.248. The molecule has 110 valence electrons. The number of benzene rings is 1. The molecule has 2 aromatic heterocycles. The minimum Gasteiger partial charge on any atom is -0.307 e. The van der Waals surface area contributed by atoms with Gasteiger partial charge >= 0.3 is 0 Å². The van der Waals surface area contributed by atoms with Gasteiger partial charge in [0.1, 0.15) is 5.82 Å². The van der Waals surface area contributed by atoms with Crippen LogP contribution in [0.3, 0.4) is 0 Å². The number of fused-ring (bicyclic) bond motifs is 1. The number of carbonyl (C=O) groups is 1. The third kappa shape index (κ3) is 3.10. The standard InChI is InChI=1S/C16H11BrClN3O/c1-9-13(7-10-6-12(18)3-4-14(10)20-9)16(22)21-15-5-2-11(17)8-19-15/h2-8H,1H3,(H,19,21,22). The Balaban J connectivity index is 1.96. The molecule has 3 rings (SSSR count). The van der Waals surface area contributed by atoms with Gasteiger partial charge in [0.15, 0.2) is 0 Å². The number of pyridine rings is 2. The van der Waals surface area contributed by atoms with Crippen molar-refractivity contribution < 1.29 is 4.79 Å². The average Bonchev–Trinajstić information content (AvgIpc) is 2.49. The number of rotatable bonds is 2. The van der Waals surface area contributed by atoms with E-state index in [2.05, 4.69) is 31.2 Å². The van der Waals surface area contributed by atoms with Crippen LogP contribution in [0.2, 0.25) is 5.02 Å². The third-order valence-corrected chi connectivity index (χ3v) is 3.89. The first-order chi connectivity index (χ1) is 10.5. The number of carbonyl (C=O) groups excluding carboxylic acids is 1. The van der Waals surface area contributed by atoms with Crippen LogP contribution in [0.15, 0.2) is 47.1 Å². The summed E-state index contributed by atoms with van der Waals surface area (Å²) >= 11 is 9.30. The van der Waals surface area contributed by atoms with Gasteiger partial charge in [-0.1, -0.05) is 11.6 Å². The van der Waals surface area contributed by atoms with Crippen LogP contribution in [0.25, 0.3) is 10.9 Å². The molecule has 1 aromatic carbocycles. The van der Waals surface area contributed by atoms with Crippen molar-refractivity contribution in [3.63, 3.8) is 0 Å². The number of anilines is 1. The molecule has 3 aromatic rings. The Morgan fingerprint density at radius 3 is 2.77 bits per heavy atom. The fraction of sp³-hybridized carbons (Fsp3) is 0.0625. The lowest BCUT2D eigenvalue weighted by Crippen LogP contribution is -2.15. The topological polar surface area (TPSA) is 54.9 Å². The second-order valence-corrected chi connectivity index (χ2v) is 6.13. The number of amides is 1. The van der Waals surface area contributed by atoms with Crippen molar-refractivity contribution in [2.75, 3.05) is 5.32 Å². The molecule has 1 amide bonds. The Kier molecular flexibility index (Phi) is 4.09. The largest absolute Gasteiger partial charge is 0.307 e. The van der Waals surface area contributed by atoms with Crippen LogP contribution in [-0.2, 0) is 0 Å². The minimum absolute atomic E-state index is 0.248. The first-order valence-electron chi connectivity index (χ1n) is 6.53. The van der Waals surface area contributed by atoms with Gasteiger partial charge in [-0.25, -0.2) is 4.98 Å². The highest BCUT2D eigenvalue weighted by atomic mass is 79.9. The van der Waals surface area contributed by atoms with E-state index in [4.69, 9.17) is 11.6 Å². The van der Waals surface area contributed by atoms with E-state index >= 15 is 0 Å². The smallest absolute Gasteiger partial charge is 0.258 e. The van der Waals surface area contributed by atoms with Crippen molar-refractivity contribution in [1.29, 1.82) is 0 Å². The van der Waals surface area contributed by atoms with Gasteiger partial charge < -0.3 is 5.32 Å². The van der Waals surface area contributed by atoms with Crippen molar-refractivity contribution in [2.24, 2.45) is 0 Å². The summed E-state index contributed by atoms with van der Waals surface area (Å²) in [6, 6.07) is 10.7. The van der Waals surface area contributed by atoms with E-state index in [1.54, 1.807) is 37.4 Å². The predicted octanol–water partition coefficient (Wildman–Crippen LogP) is 4.61. The van der Waals surface area contributed by atoms with Gasteiger partial charge in [0.05, 0.1) is 16.8 Å². The van der Waals surface area contributed by atoms with Crippen LogP contribution in [0.1, 0.15) is 16.1 Å². The zero-order valence-corrected chi connectivity index (χ0v) is 13.9. The molecule has 0 bridgehead atoms. The predicted molar refractivity (Wildman–Crippen MR) is 91.4 cm³/mol. The number of aryl methyl sites for hydroxylation is 1. The maximum atomic E-state index is 12.4. The van der Waals surface area contributed by atoms with Gasteiger partial charge in [0.25, 0.3) is 5.91 Å². The van der Waals surface area contributed by atoms with Gasteiger partial charge in [-0.3, -0.25) is 9.78 Å². The molecule has 22 heavy (non-hydrogen) atoms. The molecular formula is C16H11BrClN3O. The van der Waals surface area contributed by atoms with Crippen molar-refractivity contribution >= 4 is 50.2 Å². The number of nitrogens with one attached hydrogen (secondary N) is 1. The van der Waals surface area contributed by atoms with Gasteiger partial charge in [-0.05, 0) is 59.3 Å². The average molecular weight is 377 g/mol. The first kappa shape index (κ1) is 14.9. The number of nitrogens with zero attached hydrogens (tertiary/aromatic N) is 2. The summed E-state index contributed by atoms with van der Waals surface area (Å²) in [6.07, 6.45) is 1.63. The summed E-state index contributed by atoms with van der Waals surface area (Å²) in [5.74, 6) is 0.237. The fourth-order valence-electron chi connectivity index (χ4n) is 2.11. The van der Waals surface area contributed by atoms with Gasteiger partial charge in [0.2, 0.25) is 0 Å². The van der Waals surface area contributed by atoms with E-state index in [0.29, 0.717) is 22.1 Å². The maximum absolute atomic E-state index is 12.4. The van der Waals surface area contributed by atoms with Crippen molar-refractivity contribution in [2.45, 2.75) is 6.92 Å². The highest BCUT2D eigenvalue weighted by Crippen LogP contribution is 2.21. The lowest BCUT2D eigenvalue weighted by atomic mass is 10.1. The van der Waals surface area contributed by atoms with Crippen LogP contribution in [0.4, 0.5) is 5.82 Å². The van der Waals surface area contributed by atoms with Crippen molar-refractivity contribution in [3.8, 4) is 0 Å². The SMILES string of the molecule is Cc1nc2ccc(Cl)cc2cc1C(=O)Nc1ccc(Br)cn1. The van der Waals surface area contributed by atoms with E-state index in [9.17, 15) is 4.79 Å². The zero-order valence-electron chi connectivity index (χ0n) is 11.6. The Hall–Kier alpha value is -1.98. The Morgan fingerprint density at radius 2 is 2.05 bits per heavy atom. The highest BCUT2D eigenvalue weighted by Gasteiger charge is 2.12. The Morgan fingerprint density at radius 1 is 1.23 bits per heavy atom. The van der Waals surface area contributed by atoms with Crippen LogP contribution < -0.4 is 5.32 Å². The maximum Gasteiger partial charge on any atom is 0.258 e. The van der Waals surface area contributed by atoms with Crippen molar-refractivity contribution in [1.82, 2.24) is 9.97 Å². The molecule has 0 spiro atoms. The number of hydrogen-bond acceptors (Lipinski definition) is 3. The molecule has 0 unspecified atom stereocenters. The third-order valence-electron chi connectivity index (χ3n) is 3.18. The quantitative estimate of drug-likeness (QED) is 0.711. The molecule has 1 N–H and O–H groups in total. The number of aromatic nitrogens is 2. The molecule has 0 saturated heterocycles. The first-order valence-corrected chi connectivity index (χ1v) is 7.70. The lowest BCUT2D eigenvalue weighted by molar-refractivity contribution is 0.102. The molecule has 0 aliphatic heterocycles. The van der Waals surface area contributed by atoms with Crippen LogP contribution in [-0.4, -0.2) is 15.9 Å². The molecule has 2 heterocycles. The van der Waals surface area contributed by atoms with Gasteiger partial charge in [0, 0.05) is 21.1 Å². The van der Waals surface area contributed by atoms with Crippen LogP contribution in [0.5, 0.6) is 0 Å². The molecule has 0 radical (unpaired) electrons. The van der Waals surface area contributed by atoms with E-state index in [1.165, 1.54) is 0 Å². The summed E-state index contributed by atoms with van der Waals surface area (Å²) in [6.45, 7) is 1.80. The summed E-state index contributed by atoms with van der Waals surface area (Å²) in [5, 5.41) is 4.20. The Labute approximate surface area is 140 Å². The molecule has 0 atom stereocenters. The molecule has 4 nitrogen and oxygen atoms in total. The summed E-state index contributed by atoms with van der Waals surface area (Å²) < 4.78 is 0.851. The van der Waals surface area contributed by atoms with Gasteiger partial charge in [-0.2, -0.15) is 0 Å².